The standard InChI is InChI=1S/C20H28N6O/c1-3-9-24-10-6-16(7-11-24)19-23-22-17-14-25(12-13-26(17)19)20(27)18-15(2)5-4-8-21-18/h4-5,8,16H,3,6-7,9-14H2,1-2H3. The van der Waals surface area contributed by atoms with Gasteiger partial charge >= 0.3 is 0 Å². The minimum Gasteiger partial charge on any atom is -0.328 e. The Balaban J connectivity index is 1.45. The van der Waals surface area contributed by atoms with Crippen molar-refractivity contribution in [3.8, 4) is 0 Å². The molecule has 0 atom stereocenters. The zero-order valence-corrected chi connectivity index (χ0v) is 16.3. The second kappa shape index (κ2) is 7.76. The molecule has 0 bridgehead atoms. The average Bonchev–Trinajstić information content (AvgIpc) is 3.12. The fourth-order valence-corrected chi connectivity index (χ4v) is 4.25. The second-order valence-electron chi connectivity index (χ2n) is 7.64. The summed E-state index contributed by atoms with van der Waals surface area (Å²) in [6.07, 6.45) is 5.18. The summed E-state index contributed by atoms with van der Waals surface area (Å²) in [5.41, 5.74) is 1.45. The van der Waals surface area contributed by atoms with Crippen LogP contribution in [0.5, 0.6) is 0 Å². The molecule has 0 aromatic carbocycles. The first-order chi connectivity index (χ1) is 13.2. The van der Waals surface area contributed by atoms with Crippen molar-refractivity contribution >= 4 is 5.91 Å². The monoisotopic (exact) mass is 368 g/mol. The Morgan fingerprint density at radius 3 is 2.74 bits per heavy atom. The van der Waals surface area contributed by atoms with Crippen molar-refractivity contribution in [2.24, 2.45) is 0 Å². The Labute approximate surface area is 160 Å². The number of carbonyl (C=O) groups excluding carboxylic acids is 1. The number of carbonyl (C=O) groups is 1. The van der Waals surface area contributed by atoms with Gasteiger partial charge in [0.2, 0.25) is 0 Å². The molecule has 27 heavy (non-hydrogen) atoms. The van der Waals surface area contributed by atoms with Gasteiger partial charge in [-0.15, -0.1) is 10.2 Å². The molecule has 0 saturated carbocycles. The summed E-state index contributed by atoms with van der Waals surface area (Å²) in [5, 5.41) is 8.94. The lowest BCUT2D eigenvalue weighted by Gasteiger charge is -2.33. The molecule has 4 heterocycles. The predicted molar refractivity (Wildman–Crippen MR) is 102 cm³/mol. The molecule has 0 radical (unpaired) electrons. The molecular weight excluding hydrogens is 340 g/mol. The van der Waals surface area contributed by atoms with Gasteiger partial charge in [0.1, 0.15) is 11.5 Å². The van der Waals surface area contributed by atoms with Gasteiger partial charge in [-0.05, 0) is 57.5 Å². The highest BCUT2D eigenvalue weighted by atomic mass is 16.2. The minimum atomic E-state index is -0.0169. The van der Waals surface area contributed by atoms with Crippen LogP contribution in [0.2, 0.25) is 0 Å². The third kappa shape index (κ3) is 3.60. The molecule has 2 aliphatic rings. The number of hydrogen-bond donors (Lipinski definition) is 0. The first-order valence-corrected chi connectivity index (χ1v) is 10.0. The molecule has 1 fully saturated rings. The molecule has 2 aliphatic heterocycles. The number of amides is 1. The van der Waals surface area contributed by atoms with Crippen LogP contribution >= 0.6 is 0 Å². The zero-order chi connectivity index (χ0) is 18.8. The van der Waals surface area contributed by atoms with Gasteiger partial charge in [0.15, 0.2) is 5.82 Å². The van der Waals surface area contributed by atoms with Crippen molar-refractivity contribution in [3.63, 3.8) is 0 Å². The summed E-state index contributed by atoms with van der Waals surface area (Å²) >= 11 is 0. The molecule has 0 N–H and O–H groups in total. The highest BCUT2D eigenvalue weighted by molar-refractivity contribution is 5.93. The summed E-state index contributed by atoms with van der Waals surface area (Å²) in [6, 6.07) is 3.78. The fraction of sp³-hybridized carbons (Fsp3) is 0.600. The highest BCUT2D eigenvalue weighted by Gasteiger charge is 2.30. The minimum absolute atomic E-state index is 0.0169. The van der Waals surface area contributed by atoms with E-state index < -0.39 is 0 Å². The van der Waals surface area contributed by atoms with E-state index in [0.29, 0.717) is 24.7 Å². The number of pyridine rings is 1. The molecule has 1 amide bonds. The maximum atomic E-state index is 12.8. The molecule has 144 valence electrons. The Kier molecular flexibility index (Phi) is 5.20. The summed E-state index contributed by atoms with van der Waals surface area (Å²) in [6.45, 7) is 9.60. The molecule has 2 aromatic rings. The number of aryl methyl sites for hydroxylation is 1. The van der Waals surface area contributed by atoms with E-state index in [4.69, 9.17) is 0 Å². The van der Waals surface area contributed by atoms with E-state index in [9.17, 15) is 4.79 Å². The highest BCUT2D eigenvalue weighted by Crippen LogP contribution is 2.28. The first kappa shape index (κ1) is 18.1. The van der Waals surface area contributed by atoms with Gasteiger partial charge in [-0.1, -0.05) is 13.0 Å². The van der Waals surface area contributed by atoms with Gasteiger partial charge in [0, 0.05) is 25.2 Å². The van der Waals surface area contributed by atoms with Crippen LogP contribution in [0.1, 0.15) is 59.8 Å². The topological polar surface area (TPSA) is 67.2 Å². The molecular formula is C20H28N6O. The SMILES string of the molecule is CCCN1CCC(c2nnc3n2CCN(C(=O)c2ncccc2C)C3)CC1. The first-order valence-electron chi connectivity index (χ1n) is 10.0. The third-order valence-electron chi connectivity index (χ3n) is 5.77. The Morgan fingerprint density at radius 1 is 1.19 bits per heavy atom. The molecule has 0 aliphatic carbocycles. The Bertz CT molecular complexity index is 809. The summed E-state index contributed by atoms with van der Waals surface area (Å²) < 4.78 is 2.25. The number of fused-ring (bicyclic) bond motifs is 1. The van der Waals surface area contributed by atoms with Crippen LogP contribution in [0, 0.1) is 6.92 Å². The van der Waals surface area contributed by atoms with Crippen molar-refractivity contribution in [3.05, 3.63) is 41.2 Å². The summed E-state index contributed by atoms with van der Waals surface area (Å²) in [5.74, 6) is 2.48. The Morgan fingerprint density at radius 2 is 2.00 bits per heavy atom. The van der Waals surface area contributed by atoms with Crippen LogP contribution in [0.25, 0.3) is 0 Å². The molecule has 7 heteroatoms. The maximum Gasteiger partial charge on any atom is 0.273 e. The number of hydrogen-bond acceptors (Lipinski definition) is 5. The van der Waals surface area contributed by atoms with Crippen molar-refractivity contribution in [1.82, 2.24) is 29.5 Å². The van der Waals surface area contributed by atoms with Crippen LogP contribution in [0.15, 0.2) is 18.3 Å². The smallest absolute Gasteiger partial charge is 0.273 e. The molecule has 0 unspecified atom stereocenters. The van der Waals surface area contributed by atoms with Crippen molar-refractivity contribution in [2.45, 2.75) is 52.1 Å². The molecule has 7 nitrogen and oxygen atoms in total. The van der Waals surface area contributed by atoms with E-state index in [1.165, 1.54) is 13.0 Å². The number of likely N-dealkylation sites (tertiary alicyclic amines) is 1. The van der Waals surface area contributed by atoms with E-state index in [2.05, 4.69) is 31.6 Å². The fourth-order valence-electron chi connectivity index (χ4n) is 4.25. The zero-order valence-electron chi connectivity index (χ0n) is 16.3. The van der Waals surface area contributed by atoms with Crippen molar-refractivity contribution < 1.29 is 4.79 Å². The quantitative estimate of drug-likeness (QED) is 0.828. The van der Waals surface area contributed by atoms with Gasteiger partial charge in [-0.3, -0.25) is 9.78 Å². The summed E-state index contributed by atoms with van der Waals surface area (Å²) in [4.78, 5) is 21.5. The van der Waals surface area contributed by atoms with E-state index in [-0.39, 0.29) is 5.91 Å². The third-order valence-corrected chi connectivity index (χ3v) is 5.77. The van der Waals surface area contributed by atoms with Gasteiger partial charge in [-0.2, -0.15) is 0 Å². The van der Waals surface area contributed by atoms with Gasteiger partial charge in [0.05, 0.1) is 6.54 Å². The molecule has 2 aromatic heterocycles. The average molecular weight is 368 g/mol. The van der Waals surface area contributed by atoms with Crippen LogP contribution in [-0.4, -0.2) is 61.6 Å². The van der Waals surface area contributed by atoms with E-state index in [1.807, 2.05) is 24.0 Å². The lowest BCUT2D eigenvalue weighted by Crippen LogP contribution is -2.40. The van der Waals surface area contributed by atoms with Crippen LogP contribution in [0.3, 0.4) is 0 Å². The van der Waals surface area contributed by atoms with Crippen LogP contribution < -0.4 is 0 Å². The Hall–Kier alpha value is -2.28. The van der Waals surface area contributed by atoms with E-state index in [1.54, 1.807) is 6.20 Å². The molecule has 1 saturated heterocycles. The number of piperidine rings is 1. The molecule has 4 rings (SSSR count). The predicted octanol–water partition coefficient (Wildman–Crippen LogP) is 2.23. The largest absolute Gasteiger partial charge is 0.328 e. The maximum absolute atomic E-state index is 12.8. The van der Waals surface area contributed by atoms with E-state index >= 15 is 0 Å². The normalized spacial score (nSPS) is 18.5. The van der Waals surface area contributed by atoms with Crippen molar-refractivity contribution in [2.75, 3.05) is 26.2 Å². The lowest BCUT2D eigenvalue weighted by molar-refractivity contribution is 0.0698. The number of aromatic nitrogens is 4. The van der Waals surface area contributed by atoms with Crippen LogP contribution in [0.4, 0.5) is 0 Å². The van der Waals surface area contributed by atoms with E-state index in [0.717, 1.165) is 49.7 Å². The summed E-state index contributed by atoms with van der Waals surface area (Å²) in [7, 11) is 0. The lowest BCUT2D eigenvalue weighted by atomic mass is 9.95. The molecule has 0 spiro atoms. The van der Waals surface area contributed by atoms with Crippen molar-refractivity contribution in [1.29, 1.82) is 0 Å². The number of nitrogens with zero attached hydrogens (tertiary/aromatic N) is 6. The van der Waals surface area contributed by atoms with Crippen LogP contribution in [-0.2, 0) is 13.1 Å². The van der Waals surface area contributed by atoms with Gasteiger partial charge in [-0.25, -0.2) is 0 Å². The van der Waals surface area contributed by atoms with Gasteiger partial charge in [0.25, 0.3) is 5.91 Å². The van der Waals surface area contributed by atoms with Gasteiger partial charge < -0.3 is 14.4 Å². The second-order valence-corrected chi connectivity index (χ2v) is 7.64. The number of rotatable bonds is 4.